The summed E-state index contributed by atoms with van der Waals surface area (Å²) in [5.74, 6) is 0.729. The Morgan fingerprint density at radius 1 is 1.29 bits per heavy atom. The molecule has 0 aliphatic carbocycles. The van der Waals surface area contributed by atoms with Gasteiger partial charge >= 0.3 is 6.09 Å². The third-order valence-corrected chi connectivity index (χ3v) is 3.46. The first-order valence-electron chi connectivity index (χ1n) is 7.19. The molecule has 0 radical (unpaired) electrons. The van der Waals surface area contributed by atoms with Crippen molar-refractivity contribution in [2.45, 2.75) is 46.6 Å². The first-order chi connectivity index (χ1) is 9.78. The minimum atomic E-state index is -0.522. The normalized spacial score (nSPS) is 11.7. The molecule has 4 heteroatoms. The summed E-state index contributed by atoms with van der Waals surface area (Å²) in [6, 6.07) is 5.78. The molecule has 0 unspecified atom stereocenters. The summed E-state index contributed by atoms with van der Waals surface area (Å²) >= 11 is 0. The van der Waals surface area contributed by atoms with Crippen LogP contribution >= 0.6 is 0 Å². The zero-order valence-electron chi connectivity index (χ0n) is 13.6. The Labute approximate surface area is 125 Å². The van der Waals surface area contributed by atoms with E-state index in [1.165, 1.54) is 0 Å². The van der Waals surface area contributed by atoms with Gasteiger partial charge < -0.3 is 9.47 Å². The molecule has 0 atom stereocenters. The molecule has 0 spiro atoms. The summed E-state index contributed by atoms with van der Waals surface area (Å²) in [7, 11) is 1.62. The Bertz CT molecular complexity index is 677. The fourth-order valence-electron chi connectivity index (χ4n) is 2.55. The Hall–Kier alpha value is -1.97. The number of methoxy groups -OCH3 is 1. The Kier molecular flexibility index (Phi) is 3.99. The molecular weight excluding hydrogens is 266 g/mol. The molecule has 4 nitrogen and oxygen atoms in total. The van der Waals surface area contributed by atoms with Gasteiger partial charge in [0.2, 0.25) is 0 Å². The van der Waals surface area contributed by atoms with E-state index < -0.39 is 5.60 Å². The third kappa shape index (κ3) is 2.89. The molecule has 0 bridgehead atoms. The summed E-state index contributed by atoms with van der Waals surface area (Å²) in [6.07, 6.45) is 0.424. The van der Waals surface area contributed by atoms with Crippen LogP contribution in [-0.4, -0.2) is 23.4 Å². The maximum atomic E-state index is 12.6. The summed E-state index contributed by atoms with van der Waals surface area (Å²) in [5.41, 5.74) is 2.40. The van der Waals surface area contributed by atoms with E-state index in [4.69, 9.17) is 9.47 Å². The second-order valence-electron chi connectivity index (χ2n) is 6.12. The summed E-state index contributed by atoms with van der Waals surface area (Å²) in [6.45, 7) is 9.69. The molecule has 21 heavy (non-hydrogen) atoms. The van der Waals surface area contributed by atoms with Gasteiger partial charge in [0.25, 0.3) is 0 Å². The fraction of sp³-hybridized carbons (Fsp3) is 0.471. The van der Waals surface area contributed by atoms with Crippen LogP contribution in [0.5, 0.6) is 5.75 Å². The minimum Gasteiger partial charge on any atom is -0.497 e. The van der Waals surface area contributed by atoms with Crippen LogP contribution in [-0.2, 0) is 11.2 Å². The van der Waals surface area contributed by atoms with Crippen LogP contribution in [0.2, 0.25) is 0 Å². The summed E-state index contributed by atoms with van der Waals surface area (Å²) in [5, 5.41) is 1.05. The summed E-state index contributed by atoms with van der Waals surface area (Å²) < 4.78 is 12.5. The van der Waals surface area contributed by atoms with Crippen LogP contribution in [0.1, 0.15) is 39.0 Å². The number of rotatable bonds is 2. The van der Waals surface area contributed by atoms with Gasteiger partial charge in [0.1, 0.15) is 11.4 Å². The molecule has 1 heterocycles. The van der Waals surface area contributed by atoms with Crippen LogP contribution < -0.4 is 4.74 Å². The monoisotopic (exact) mass is 289 g/mol. The van der Waals surface area contributed by atoms with Crippen molar-refractivity contribution in [3.8, 4) is 5.75 Å². The lowest BCUT2D eigenvalue weighted by atomic mass is 10.1. The van der Waals surface area contributed by atoms with E-state index in [2.05, 4.69) is 0 Å². The number of carbonyl (C=O) groups excluding carboxylic acids is 1. The zero-order valence-corrected chi connectivity index (χ0v) is 13.6. The highest BCUT2D eigenvalue weighted by Crippen LogP contribution is 2.30. The predicted octanol–water partition coefficient (Wildman–Crippen LogP) is 4.30. The number of aryl methyl sites for hydroxylation is 1. The van der Waals surface area contributed by atoms with Crippen molar-refractivity contribution in [1.82, 2.24) is 4.57 Å². The molecule has 0 fully saturated rings. The van der Waals surface area contributed by atoms with Crippen molar-refractivity contribution in [2.24, 2.45) is 0 Å². The maximum Gasteiger partial charge on any atom is 0.419 e. The van der Waals surface area contributed by atoms with Crippen molar-refractivity contribution < 1.29 is 14.3 Å². The maximum absolute atomic E-state index is 12.6. The van der Waals surface area contributed by atoms with Crippen LogP contribution in [0, 0.1) is 6.92 Å². The quantitative estimate of drug-likeness (QED) is 0.827. The number of hydrogen-bond acceptors (Lipinski definition) is 3. The van der Waals surface area contributed by atoms with Crippen molar-refractivity contribution in [1.29, 1.82) is 0 Å². The molecule has 0 aliphatic rings. The van der Waals surface area contributed by atoms with Crippen LogP contribution in [0.3, 0.4) is 0 Å². The summed E-state index contributed by atoms with van der Waals surface area (Å²) in [4.78, 5) is 12.6. The molecule has 0 saturated carbocycles. The minimum absolute atomic E-state index is 0.342. The number of carbonyl (C=O) groups is 1. The molecule has 0 aliphatic heterocycles. The average molecular weight is 289 g/mol. The van der Waals surface area contributed by atoms with E-state index >= 15 is 0 Å². The molecule has 2 rings (SSSR count). The SMILES string of the molecule is CCc1c(C)c2ccc(OC)cc2n1C(=O)OC(C)(C)C. The number of fused-ring (bicyclic) bond motifs is 1. The largest absolute Gasteiger partial charge is 0.497 e. The lowest BCUT2D eigenvalue weighted by molar-refractivity contribution is 0.0540. The van der Waals surface area contributed by atoms with Crippen LogP contribution in [0.4, 0.5) is 4.79 Å². The van der Waals surface area contributed by atoms with Crippen molar-refractivity contribution in [3.63, 3.8) is 0 Å². The van der Waals surface area contributed by atoms with Gasteiger partial charge in [-0.2, -0.15) is 0 Å². The highest BCUT2D eigenvalue weighted by Gasteiger charge is 2.23. The number of aromatic nitrogens is 1. The molecular formula is C17H23NO3. The first-order valence-corrected chi connectivity index (χ1v) is 7.19. The standard InChI is InChI=1S/C17H23NO3/c1-7-14-11(2)13-9-8-12(20-6)10-15(13)18(14)16(19)21-17(3,4)5/h8-10H,7H2,1-6H3. The van der Waals surface area contributed by atoms with E-state index in [0.717, 1.165) is 34.3 Å². The number of nitrogens with zero attached hydrogens (tertiary/aromatic N) is 1. The molecule has 1 aromatic carbocycles. The smallest absolute Gasteiger partial charge is 0.419 e. The number of benzene rings is 1. The number of ether oxygens (including phenoxy) is 2. The molecule has 0 amide bonds. The topological polar surface area (TPSA) is 40.5 Å². The lowest BCUT2D eigenvalue weighted by Crippen LogP contribution is -2.28. The zero-order chi connectivity index (χ0) is 15.8. The highest BCUT2D eigenvalue weighted by molar-refractivity contribution is 5.94. The van der Waals surface area contributed by atoms with Crippen LogP contribution in [0.15, 0.2) is 18.2 Å². The predicted molar refractivity (Wildman–Crippen MR) is 84.2 cm³/mol. The van der Waals surface area contributed by atoms with E-state index in [9.17, 15) is 4.79 Å². The highest BCUT2D eigenvalue weighted by atomic mass is 16.6. The Balaban J connectivity index is 2.67. The van der Waals surface area contributed by atoms with E-state index in [0.29, 0.717) is 0 Å². The van der Waals surface area contributed by atoms with Gasteiger partial charge in [-0.15, -0.1) is 0 Å². The van der Waals surface area contributed by atoms with E-state index in [-0.39, 0.29) is 6.09 Å². The van der Waals surface area contributed by atoms with Gasteiger partial charge in [-0.1, -0.05) is 6.92 Å². The van der Waals surface area contributed by atoms with Crippen molar-refractivity contribution in [3.05, 3.63) is 29.5 Å². The van der Waals surface area contributed by atoms with Gasteiger partial charge in [-0.05, 0) is 51.8 Å². The second-order valence-corrected chi connectivity index (χ2v) is 6.12. The molecule has 114 valence electrons. The van der Waals surface area contributed by atoms with Crippen LogP contribution in [0.25, 0.3) is 10.9 Å². The molecule has 1 aromatic heterocycles. The second kappa shape index (κ2) is 5.43. The molecule has 0 saturated heterocycles. The van der Waals surface area contributed by atoms with Gasteiger partial charge in [0, 0.05) is 17.1 Å². The van der Waals surface area contributed by atoms with Gasteiger partial charge in [0.15, 0.2) is 0 Å². The molecule has 0 N–H and O–H groups in total. The van der Waals surface area contributed by atoms with Gasteiger partial charge in [-0.25, -0.2) is 9.36 Å². The van der Waals surface area contributed by atoms with Crippen molar-refractivity contribution >= 4 is 17.0 Å². The van der Waals surface area contributed by atoms with Crippen molar-refractivity contribution in [2.75, 3.05) is 7.11 Å². The Morgan fingerprint density at radius 3 is 2.48 bits per heavy atom. The number of hydrogen-bond donors (Lipinski definition) is 0. The van der Waals surface area contributed by atoms with Gasteiger partial charge in [-0.3, -0.25) is 0 Å². The van der Waals surface area contributed by atoms with E-state index in [1.807, 2.05) is 52.8 Å². The van der Waals surface area contributed by atoms with E-state index in [1.54, 1.807) is 11.7 Å². The fourth-order valence-corrected chi connectivity index (χ4v) is 2.55. The molecule has 2 aromatic rings. The third-order valence-electron chi connectivity index (χ3n) is 3.46. The average Bonchev–Trinajstić information content (AvgIpc) is 2.68. The van der Waals surface area contributed by atoms with Gasteiger partial charge in [0.05, 0.1) is 12.6 Å². The Morgan fingerprint density at radius 2 is 1.95 bits per heavy atom. The lowest BCUT2D eigenvalue weighted by Gasteiger charge is -2.21. The first kappa shape index (κ1) is 15.4.